The van der Waals surface area contributed by atoms with E-state index in [9.17, 15) is 0 Å². The van der Waals surface area contributed by atoms with Gasteiger partial charge in [0.2, 0.25) is 0 Å². The summed E-state index contributed by atoms with van der Waals surface area (Å²) in [5.74, 6) is 1.31. The molecule has 0 saturated heterocycles. The zero-order valence-electron chi connectivity index (χ0n) is 10.8. The Morgan fingerprint density at radius 2 is 1.67 bits per heavy atom. The summed E-state index contributed by atoms with van der Waals surface area (Å²) in [7, 11) is 0. The van der Waals surface area contributed by atoms with Crippen molar-refractivity contribution in [2.24, 2.45) is 0 Å². The topological polar surface area (TPSA) is 17.8 Å². The molecule has 0 aliphatic rings. The first-order valence-electron chi connectivity index (χ1n) is 6.28. The van der Waals surface area contributed by atoms with E-state index in [1.54, 1.807) is 12.1 Å². The van der Waals surface area contributed by atoms with E-state index < -0.39 is 0 Å². The van der Waals surface area contributed by atoms with Crippen LogP contribution in [0.1, 0.15) is 5.82 Å². The van der Waals surface area contributed by atoms with E-state index in [4.69, 9.17) is 46.4 Å². The van der Waals surface area contributed by atoms with Gasteiger partial charge in [0.1, 0.15) is 5.82 Å². The van der Waals surface area contributed by atoms with Crippen LogP contribution in [0.2, 0.25) is 15.1 Å². The van der Waals surface area contributed by atoms with Crippen molar-refractivity contribution in [3.05, 3.63) is 57.3 Å². The highest BCUT2D eigenvalue weighted by molar-refractivity contribution is 6.36. The maximum atomic E-state index is 6.33. The molecule has 0 N–H and O–H groups in total. The van der Waals surface area contributed by atoms with Gasteiger partial charge in [0, 0.05) is 22.3 Å². The predicted octanol–water partition coefficient (Wildman–Crippen LogP) is 5.77. The summed E-state index contributed by atoms with van der Waals surface area (Å²) in [6.45, 7) is 0. The lowest BCUT2D eigenvalue weighted by atomic mass is 10.2. The minimum Gasteiger partial charge on any atom is -0.295 e. The second-order valence-corrected chi connectivity index (χ2v) is 6.19. The van der Waals surface area contributed by atoms with Crippen molar-refractivity contribution >= 4 is 57.4 Å². The monoisotopic (exact) mass is 358 g/mol. The van der Waals surface area contributed by atoms with E-state index in [1.165, 1.54) is 0 Å². The third kappa shape index (κ3) is 2.86. The molecule has 0 aliphatic carbocycles. The number of alkyl halides is 1. The first-order valence-corrected chi connectivity index (χ1v) is 7.95. The summed E-state index contributed by atoms with van der Waals surface area (Å²) in [6.07, 6.45) is 0.632. The van der Waals surface area contributed by atoms with Crippen molar-refractivity contribution in [2.45, 2.75) is 6.42 Å². The summed E-state index contributed by atoms with van der Waals surface area (Å²) in [5, 5.41) is 1.79. The van der Waals surface area contributed by atoms with Gasteiger partial charge in [0.05, 0.1) is 21.7 Å². The molecule has 0 atom stereocenters. The first-order chi connectivity index (χ1) is 10.1. The SMILES string of the molecule is ClCCc1nc2ccc(Cl)cc2n1-c1ccc(Cl)cc1Cl. The molecule has 0 spiro atoms. The van der Waals surface area contributed by atoms with E-state index in [2.05, 4.69) is 4.98 Å². The van der Waals surface area contributed by atoms with Crippen LogP contribution in [-0.4, -0.2) is 15.4 Å². The number of aryl methyl sites for hydroxylation is 1. The van der Waals surface area contributed by atoms with Gasteiger partial charge in [-0.25, -0.2) is 4.98 Å². The lowest BCUT2D eigenvalue weighted by Crippen LogP contribution is -2.03. The summed E-state index contributed by atoms with van der Waals surface area (Å²) in [4.78, 5) is 4.61. The van der Waals surface area contributed by atoms with Gasteiger partial charge < -0.3 is 0 Å². The Balaban J connectivity index is 2.32. The predicted molar refractivity (Wildman–Crippen MR) is 90.5 cm³/mol. The largest absolute Gasteiger partial charge is 0.295 e. The fourth-order valence-electron chi connectivity index (χ4n) is 2.28. The Morgan fingerprint density at radius 3 is 2.38 bits per heavy atom. The van der Waals surface area contributed by atoms with Gasteiger partial charge in [-0.1, -0.05) is 34.8 Å². The van der Waals surface area contributed by atoms with Crippen LogP contribution in [0.25, 0.3) is 16.7 Å². The van der Waals surface area contributed by atoms with Crippen molar-refractivity contribution < 1.29 is 0 Å². The minimum absolute atomic E-state index is 0.474. The third-order valence-corrected chi connectivity index (χ3v) is 4.12. The van der Waals surface area contributed by atoms with Gasteiger partial charge in [-0.3, -0.25) is 4.57 Å². The quantitative estimate of drug-likeness (QED) is 0.543. The molecule has 0 amide bonds. The number of rotatable bonds is 3. The fraction of sp³-hybridized carbons (Fsp3) is 0.133. The van der Waals surface area contributed by atoms with Crippen LogP contribution < -0.4 is 0 Å². The molecule has 0 aliphatic heterocycles. The Kier molecular flexibility index (Phi) is 4.32. The molecule has 6 heteroatoms. The molecule has 1 aromatic heterocycles. The molecule has 3 aromatic rings. The summed E-state index contributed by atoms with van der Waals surface area (Å²) >= 11 is 24.3. The van der Waals surface area contributed by atoms with Gasteiger partial charge in [0.15, 0.2) is 0 Å². The highest BCUT2D eigenvalue weighted by atomic mass is 35.5. The highest BCUT2D eigenvalue weighted by Crippen LogP contribution is 2.30. The minimum atomic E-state index is 0.474. The lowest BCUT2D eigenvalue weighted by molar-refractivity contribution is 0.912. The van der Waals surface area contributed by atoms with Crippen LogP contribution in [0.4, 0.5) is 0 Å². The van der Waals surface area contributed by atoms with Gasteiger partial charge in [-0.2, -0.15) is 0 Å². The van der Waals surface area contributed by atoms with Crippen LogP contribution in [-0.2, 0) is 6.42 Å². The zero-order valence-corrected chi connectivity index (χ0v) is 13.8. The number of imidazole rings is 1. The van der Waals surface area contributed by atoms with Gasteiger partial charge >= 0.3 is 0 Å². The van der Waals surface area contributed by atoms with Crippen molar-refractivity contribution in [3.8, 4) is 5.69 Å². The van der Waals surface area contributed by atoms with Crippen molar-refractivity contribution in [1.82, 2.24) is 9.55 Å². The van der Waals surface area contributed by atoms with Gasteiger partial charge in [-0.05, 0) is 36.4 Å². The fourth-order valence-corrected chi connectivity index (χ4v) is 3.11. The van der Waals surface area contributed by atoms with E-state index in [-0.39, 0.29) is 0 Å². The molecule has 21 heavy (non-hydrogen) atoms. The average molecular weight is 360 g/mol. The van der Waals surface area contributed by atoms with Crippen LogP contribution in [0, 0.1) is 0 Å². The number of benzene rings is 2. The molecule has 1 heterocycles. The number of hydrogen-bond acceptors (Lipinski definition) is 1. The average Bonchev–Trinajstić information content (AvgIpc) is 2.77. The van der Waals surface area contributed by atoms with Crippen molar-refractivity contribution in [1.29, 1.82) is 0 Å². The van der Waals surface area contributed by atoms with E-state index >= 15 is 0 Å². The smallest absolute Gasteiger partial charge is 0.115 e. The van der Waals surface area contributed by atoms with Crippen LogP contribution >= 0.6 is 46.4 Å². The second kappa shape index (κ2) is 6.05. The summed E-state index contributed by atoms with van der Waals surface area (Å²) in [6, 6.07) is 10.9. The summed E-state index contributed by atoms with van der Waals surface area (Å²) in [5.41, 5.74) is 2.56. The number of aromatic nitrogens is 2. The third-order valence-electron chi connectivity index (χ3n) is 3.15. The number of halogens is 4. The molecule has 3 rings (SSSR count). The van der Waals surface area contributed by atoms with Crippen LogP contribution in [0.3, 0.4) is 0 Å². The Bertz CT molecular complexity index is 811. The Labute approximate surface area is 142 Å². The summed E-state index contributed by atoms with van der Waals surface area (Å²) < 4.78 is 1.97. The normalized spacial score (nSPS) is 11.2. The first kappa shape index (κ1) is 15.0. The molecule has 0 unspecified atom stereocenters. The van der Waals surface area contributed by atoms with Crippen molar-refractivity contribution in [3.63, 3.8) is 0 Å². The van der Waals surface area contributed by atoms with Gasteiger partial charge in [0.25, 0.3) is 0 Å². The molecular formula is C15H10Cl4N2. The molecule has 0 fully saturated rings. The van der Waals surface area contributed by atoms with Gasteiger partial charge in [-0.15, -0.1) is 11.6 Å². The number of nitrogens with zero attached hydrogens (tertiary/aromatic N) is 2. The second-order valence-electron chi connectivity index (χ2n) is 4.53. The molecule has 2 nitrogen and oxygen atoms in total. The van der Waals surface area contributed by atoms with Crippen LogP contribution in [0.15, 0.2) is 36.4 Å². The lowest BCUT2D eigenvalue weighted by Gasteiger charge is -2.11. The zero-order chi connectivity index (χ0) is 15.0. The molecule has 2 aromatic carbocycles. The van der Waals surface area contributed by atoms with E-state index in [0.29, 0.717) is 27.4 Å². The molecule has 0 bridgehead atoms. The van der Waals surface area contributed by atoms with Crippen LogP contribution in [0.5, 0.6) is 0 Å². The highest BCUT2D eigenvalue weighted by Gasteiger charge is 2.15. The Morgan fingerprint density at radius 1 is 0.952 bits per heavy atom. The van der Waals surface area contributed by atoms with Crippen molar-refractivity contribution in [2.75, 3.05) is 5.88 Å². The molecular weight excluding hydrogens is 350 g/mol. The maximum Gasteiger partial charge on any atom is 0.115 e. The molecule has 0 radical (unpaired) electrons. The van der Waals surface area contributed by atoms with E-state index in [1.807, 2.05) is 28.8 Å². The standard InChI is InChI=1S/C15H10Cl4N2/c16-6-5-15-20-12-3-1-10(18)8-14(12)21(15)13-4-2-9(17)7-11(13)19/h1-4,7-8H,5-6H2. The maximum absolute atomic E-state index is 6.33. The molecule has 0 saturated carbocycles. The number of hydrogen-bond donors (Lipinski definition) is 0. The Hall–Kier alpha value is -0.930. The number of fused-ring (bicyclic) bond motifs is 1. The molecule has 108 valence electrons. The van der Waals surface area contributed by atoms with E-state index in [0.717, 1.165) is 22.5 Å².